The molecule has 9 nitrogen and oxygen atoms in total. The number of aromatic nitrogens is 2. The lowest BCUT2D eigenvalue weighted by Crippen LogP contribution is -2.37. The van der Waals surface area contributed by atoms with Gasteiger partial charge in [0.15, 0.2) is 0 Å². The Morgan fingerprint density at radius 2 is 1.97 bits per heavy atom. The van der Waals surface area contributed by atoms with Crippen LogP contribution < -0.4 is 15.2 Å². The summed E-state index contributed by atoms with van der Waals surface area (Å²) in [4.78, 5) is 11.5. The summed E-state index contributed by atoms with van der Waals surface area (Å²) in [5.41, 5.74) is 1.28. The van der Waals surface area contributed by atoms with E-state index in [0.29, 0.717) is 17.5 Å². The van der Waals surface area contributed by atoms with Gasteiger partial charge in [-0.2, -0.15) is 4.72 Å². The number of sulfonamides is 1. The molecule has 2 heterocycles. The number of ether oxygens (including phenoxy) is 1. The molecule has 1 aliphatic heterocycles. The van der Waals surface area contributed by atoms with Crippen molar-refractivity contribution in [1.82, 2.24) is 14.9 Å². The van der Waals surface area contributed by atoms with Crippen LogP contribution in [-0.2, 0) is 10.0 Å². The predicted octanol–water partition coefficient (Wildman–Crippen LogP) is 3.54. The summed E-state index contributed by atoms with van der Waals surface area (Å²) in [6.45, 7) is 8.68. The van der Waals surface area contributed by atoms with Crippen molar-refractivity contribution in [2.75, 3.05) is 0 Å². The smallest absolute Gasteiger partial charge is 0.434 e. The Kier molecular flexibility index (Phi) is 6.37. The van der Waals surface area contributed by atoms with E-state index in [1.165, 1.54) is 18.2 Å². The number of aromatic amines is 1. The lowest BCUT2D eigenvalue weighted by atomic mass is 9.88. The van der Waals surface area contributed by atoms with Crippen molar-refractivity contribution in [3.8, 4) is 5.75 Å². The van der Waals surface area contributed by atoms with E-state index in [9.17, 15) is 22.7 Å². The van der Waals surface area contributed by atoms with Crippen LogP contribution in [0, 0.1) is 19.7 Å². The zero-order valence-electron chi connectivity index (χ0n) is 20.0. The van der Waals surface area contributed by atoms with Crippen LogP contribution in [0.5, 0.6) is 5.75 Å². The van der Waals surface area contributed by atoms with E-state index in [1.807, 2.05) is 6.92 Å². The third-order valence-corrected chi connectivity index (χ3v) is 7.88. The number of nitrogens with one attached hydrogen (secondary N) is 2. The maximum Gasteiger partial charge on any atom is 0.434 e. The fraction of sp³-hybridized carbons (Fsp3) is 0.417. The molecular formula is C24H28FN3O6S. The summed E-state index contributed by atoms with van der Waals surface area (Å²) in [5.74, 6) is -2.40. The lowest BCUT2D eigenvalue weighted by molar-refractivity contribution is 0.00882. The number of nitrogens with zero attached hydrogens (tertiary/aromatic N) is 1. The van der Waals surface area contributed by atoms with Crippen molar-refractivity contribution in [3.05, 3.63) is 74.8 Å². The fourth-order valence-corrected chi connectivity index (χ4v) is 5.94. The highest BCUT2D eigenvalue weighted by Crippen LogP contribution is 2.43. The number of halogens is 1. The number of rotatable bonds is 6. The molecule has 35 heavy (non-hydrogen) atoms. The highest BCUT2D eigenvalue weighted by Gasteiger charge is 2.39. The number of fused-ring (bicyclic) bond motifs is 1. The molecule has 0 amide bonds. The monoisotopic (exact) mass is 505 g/mol. The molecule has 3 atom stereocenters. The summed E-state index contributed by atoms with van der Waals surface area (Å²) in [6, 6.07) is 6.19. The zero-order chi connectivity index (χ0) is 25.7. The molecule has 2 aromatic carbocycles. The number of benzene rings is 2. The van der Waals surface area contributed by atoms with Crippen LogP contribution in [-0.4, -0.2) is 29.3 Å². The SMILES string of the molecule is Cc1ccc(F)c(C(C)C(NS(=O)(=O)c2cccc3c2OC(C)(C)CC3O)c2n[nH]c(=O)o2)c1C. The van der Waals surface area contributed by atoms with E-state index in [-0.39, 0.29) is 22.1 Å². The maximum absolute atomic E-state index is 14.9. The first kappa shape index (κ1) is 25.1. The number of para-hydroxylation sites is 1. The molecule has 0 fully saturated rings. The van der Waals surface area contributed by atoms with E-state index in [4.69, 9.17) is 9.15 Å². The van der Waals surface area contributed by atoms with E-state index >= 15 is 0 Å². The Bertz CT molecular complexity index is 1430. The standard InChI is InChI=1S/C24H28FN3O6S/c1-12-9-10-16(25)19(13(12)2)14(3)20(22-26-27-23(30)33-22)28-35(31,32)18-8-6-7-15-17(29)11-24(4,5)34-21(15)18/h6-10,14,17,20,28-29H,11H2,1-5H3,(H,27,30). The Morgan fingerprint density at radius 1 is 1.26 bits per heavy atom. The number of aryl methyl sites for hydroxylation is 1. The number of aliphatic hydroxyl groups is 1. The van der Waals surface area contributed by atoms with Gasteiger partial charge in [-0.15, -0.1) is 5.10 Å². The van der Waals surface area contributed by atoms with Gasteiger partial charge in [0.2, 0.25) is 15.9 Å². The van der Waals surface area contributed by atoms with E-state index in [1.54, 1.807) is 39.8 Å². The van der Waals surface area contributed by atoms with Crippen molar-refractivity contribution in [1.29, 1.82) is 0 Å². The minimum atomic E-state index is -4.33. The number of aliphatic hydroxyl groups excluding tert-OH is 1. The van der Waals surface area contributed by atoms with Crippen LogP contribution in [0.2, 0.25) is 0 Å². The van der Waals surface area contributed by atoms with Crippen molar-refractivity contribution < 1.29 is 27.1 Å². The largest absolute Gasteiger partial charge is 0.486 e. The molecule has 0 bridgehead atoms. The van der Waals surface area contributed by atoms with Gasteiger partial charge in [-0.1, -0.05) is 25.1 Å². The van der Waals surface area contributed by atoms with Crippen molar-refractivity contribution in [2.45, 2.75) is 69.6 Å². The topological polar surface area (TPSA) is 135 Å². The van der Waals surface area contributed by atoms with Crippen LogP contribution >= 0.6 is 0 Å². The van der Waals surface area contributed by atoms with E-state index in [2.05, 4.69) is 14.9 Å². The number of hydrogen-bond donors (Lipinski definition) is 3. The second kappa shape index (κ2) is 8.89. The fourth-order valence-electron chi connectivity index (χ4n) is 4.51. The van der Waals surface area contributed by atoms with Crippen LogP contribution in [0.1, 0.15) is 73.4 Å². The van der Waals surface area contributed by atoms with Crippen LogP contribution in [0.15, 0.2) is 44.4 Å². The van der Waals surface area contributed by atoms with Gasteiger partial charge in [-0.05, 0) is 56.5 Å². The first-order chi connectivity index (χ1) is 16.3. The summed E-state index contributed by atoms with van der Waals surface area (Å²) in [6.07, 6.45) is -0.618. The quantitative estimate of drug-likeness (QED) is 0.466. The summed E-state index contributed by atoms with van der Waals surface area (Å²) in [7, 11) is -4.33. The molecule has 0 saturated carbocycles. The number of H-pyrrole nitrogens is 1. The number of hydrogen-bond acceptors (Lipinski definition) is 7. The molecule has 0 spiro atoms. The highest BCUT2D eigenvalue weighted by atomic mass is 32.2. The maximum atomic E-state index is 14.9. The van der Waals surface area contributed by atoms with Gasteiger partial charge in [0, 0.05) is 17.9 Å². The molecule has 3 unspecified atom stereocenters. The lowest BCUT2D eigenvalue weighted by Gasteiger charge is -2.36. The third-order valence-electron chi connectivity index (χ3n) is 6.41. The predicted molar refractivity (Wildman–Crippen MR) is 125 cm³/mol. The van der Waals surface area contributed by atoms with Crippen molar-refractivity contribution in [2.24, 2.45) is 0 Å². The Hall–Kier alpha value is -3.02. The second-order valence-corrected chi connectivity index (χ2v) is 11.2. The van der Waals surface area contributed by atoms with Crippen LogP contribution in [0.4, 0.5) is 4.39 Å². The first-order valence-electron chi connectivity index (χ1n) is 11.1. The first-order valence-corrected chi connectivity index (χ1v) is 12.6. The van der Waals surface area contributed by atoms with Crippen molar-refractivity contribution >= 4 is 10.0 Å². The van der Waals surface area contributed by atoms with Gasteiger partial charge < -0.3 is 14.3 Å². The van der Waals surface area contributed by atoms with Gasteiger partial charge in [-0.25, -0.2) is 22.7 Å². The molecule has 4 rings (SSSR count). The van der Waals surface area contributed by atoms with E-state index < -0.39 is 45.3 Å². The third kappa shape index (κ3) is 4.75. The van der Waals surface area contributed by atoms with Gasteiger partial charge in [-0.3, -0.25) is 0 Å². The van der Waals surface area contributed by atoms with E-state index in [0.717, 1.165) is 5.56 Å². The zero-order valence-corrected chi connectivity index (χ0v) is 20.9. The normalized spacial score (nSPS) is 19.0. The van der Waals surface area contributed by atoms with Gasteiger partial charge in [0.1, 0.15) is 28.1 Å². The average Bonchev–Trinajstić information content (AvgIpc) is 3.19. The van der Waals surface area contributed by atoms with Gasteiger partial charge in [0.05, 0.1) is 6.10 Å². The molecule has 0 aliphatic carbocycles. The molecule has 0 saturated heterocycles. The summed E-state index contributed by atoms with van der Waals surface area (Å²) in [5, 5.41) is 16.5. The molecule has 0 radical (unpaired) electrons. The molecular weight excluding hydrogens is 477 g/mol. The molecule has 3 aromatic rings. The Morgan fingerprint density at radius 3 is 2.63 bits per heavy atom. The Balaban J connectivity index is 1.82. The minimum Gasteiger partial charge on any atom is -0.486 e. The Labute approximate surface area is 202 Å². The molecule has 1 aliphatic rings. The van der Waals surface area contributed by atoms with Gasteiger partial charge in [0.25, 0.3) is 0 Å². The summed E-state index contributed by atoms with van der Waals surface area (Å²) < 4.78 is 55.8. The molecule has 1 aromatic heterocycles. The highest BCUT2D eigenvalue weighted by molar-refractivity contribution is 7.89. The summed E-state index contributed by atoms with van der Waals surface area (Å²) >= 11 is 0. The van der Waals surface area contributed by atoms with Gasteiger partial charge >= 0.3 is 5.76 Å². The van der Waals surface area contributed by atoms with Crippen LogP contribution in [0.25, 0.3) is 0 Å². The van der Waals surface area contributed by atoms with Crippen LogP contribution in [0.3, 0.4) is 0 Å². The second-order valence-electron chi connectivity index (χ2n) is 9.50. The minimum absolute atomic E-state index is 0.0385. The molecule has 3 N–H and O–H groups in total. The molecule has 188 valence electrons. The van der Waals surface area contributed by atoms with Crippen molar-refractivity contribution in [3.63, 3.8) is 0 Å². The average molecular weight is 506 g/mol. The molecule has 11 heteroatoms.